The molecule has 1 saturated heterocycles. The molecule has 1 aliphatic rings. The summed E-state index contributed by atoms with van der Waals surface area (Å²) in [5.41, 5.74) is 2.98. The standard InChI is InChI=1S/C18H21N5/c1-2-8-20-15(4-1)13-23-17(12-14-6-10-19-11-7-14)22-16-5-3-9-21-18(16)23/h1-5,8-9,14,19H,6-7,10-13H2. The van der Waals surface area contributed by atoms with Crippen molar-refractivity contribution >= 4 is 11.2 Å². The van der Waals surface area contributed by atoms with Crippen molar-refractivity contribution in [1.82, 2.24) is 24.8 Å². The van der Waals surface area contributed by atoms with E-state index in [9.17, 15) is 0 Å². The second-order valence-electron chi connectivity index (χ2n) is 6.18. The predicted molar refractivity (Wildman–Crippen MR) is 90.2 cm³/mol. The number of aromatic nitrogens is 4. The molecule has 4 rings (SSSR count). The van der Waals surface area contributed by atoms with Crippen LogP contribution in [0.1, 0.15) is 24.4 Å². The zero-order valence-corrected chi connectivity index (χ0v) is 13.2. The second kappa shape index (κ2) is 6.46. The van der Waals surface area contributed by atoms with E-state index in [-0.39, 0.29) is 0 Å². The molecule has 5 heteroatoms. The molecule has 0 amide bonds. The van der Waals surface area contributed by atoms with E-state index in [0.29, 0.717) is 5.92 Å². The highest BCUT2D eigenvalue weighted by Gasteiger charge is 2.19. The molecule has 0 aliphatic carbocycles. The molecule has 5 nitrogen and oxygen atoms in total. The zero-order chi connectivity index (χ0) is 15.5. The molecular weight excluding hydrogens is 286 g/mol. The van der Waals surface area contributed by atoms with Gasteiger partial charge in [0, 0.05) is 18.8 Å². The van der Waals surface area contributed by atoms with Gasteiger partial charge in [-0.2, -0.15) is 0 Å². The molecule has 23 heavy (non-hydrogen) atoms. The maximum atomic E-state index is 4.86. The van der Waals surface area contributed by atoms with Gasteiger partial charge >= 0.3 is 0 Å². The Bertz CT molecular complexity index is 774. The maximum Gasteiger partial charge on any atom is 0.160 e. The van der Waals surface area contributed by atoms with Gasteiger partial charge < -0.3 is 9.88 Å². The fourth-order valence-electron chi connectivity index (χ4n) is 3.33. The summed E-state index contributed by atoms with van der Waals surface area (Å²) in [5, 5.41) is 3.43. The minimum Gasteiger partial charge on any atom is -0.317 e. The fraction of sp³-hybridized carbons (Fsp3) is 0.389. The van der Waals surface area contributed by atoms with E-state index in [2.05, 4.69) is 25.9 Å². The fourth-order valence-corrected chi connectivity index (χ4v) is 3.33. The van der Waals surface area contributed by atoms with E-state index in [1.54, 1.807) is 0 Å². The lowest BCUT2D eigenvalue weighted by Crippen LogP contribution is -2.29. The van der Waals surface area contributed by atoms with Crippen LogP contribution >= 0.6 is 0 Å². The molecule has 0 saturated carbocycles. The van der Waals surface area contributed by atoms with Gasteiger partial charge in [-0.15, -0.1) is 0 Å². The number of nitrogens with zero attached hydrogens (tertiary/aromatic N) is 4. The van der Waals surface area contributed by atoms with Crippen LogP contribution in [0.4, 0.5) is 0 Å². The Hall–Kier alpha value is -2.27. The van der Waals surface area contributed by atoms with Gasteiger partial charge in [0.05, 0.1) is 12.2 Å². The Labute approximate surface area is 135 Å². The van der Waals surface area contributed by atoms with E-state index in [1.807, 2.05) is 36.7 Å². The van der Waals surface area contributed by atoms with Gasteiger partial charge in [0.2, 0.25) is 0 Å². The number of imidazole rings is 1. The van der Waals surface area contributed by atoms with Gasteiger partial charge in [-0.25, -0.2) is 9.97 Å². The Morgan fingerprint density at radius 3 is 2.74 bits per heavy atom. The summed E-state index contributed by atoms with van der Waals surface area (Å²) in [6.07, 6.45) is 7.15. The van der Waals surface area contributed by atoms with E-state index in [0.717, 1.165) is 48.7 Å². The number of hydrogen-bond acceptors (Lipinski definition) is 4. The summed E-state index contributed by atoms with van der Waals surface area (Å²) >= 11 is 0. The summed E-state index contributed by atoms with van der Waals surface area (Å²) in [5.74, 6) is 1.84. The van der Waals surface area contributed by atoms with Crippen LogP contribution in [0, 0.1) is 5.92 Å². The molecule has 0 atom stereocenters. The molecule has 3 aromatic rings. The van der Waals surface area contributed by atoms with E-state index in [1.165, 1.54) is 12.8 Å². The summed E-state index contributed by atoms with van der Waals surface area (Å²) in [4.78, 5) is 13.9. The third-order valence-corrected chi connectivity index (χ3v) is 4.56. The molecule has 0 radical (unpaired) electrons. The number of pyridine rings is 2. The first kappa shape index (κ1) is 14.3. The molecular formula is C18H21N5. The lowest BCUT2D eigenvalue weighted by atomic mass is 9.94. The number of fused-ring (bicyclic) bond motifs is 1. The monoisotopic (exact) mass is 307 g/mol. The van der Waals surface area contributed by atoms with E-state index >= 15 is 0 Å². The van der Waals surface area contributed by atoms with Crippen molar-refractivity contribution in [2.45, 2.75) is 25.8 Å². The predicted octanol–water partition coefficient (Wildman–Crippen LogP) is 2.42. The van der Waals surface area contributed by atoms with Crippen LogP contribution in [0.5, 0.6) is 0 Å². The quantitative estimate of drug-likeness (QED) is 0.804. The van der Waals surface area contributed by atoms with Crippen LogP contribution in [0.2, 0.25) is 0 Å². The van der Waals surface area contributed by atoms with Crippen LogP contribution in [-0.2, 0) is 13.0 Å². The average Bonchev–Trinajstić information content (AvgIpc) is 2.94. The van der Waals surface area contributed by atoms with E-state index in [4.69, 9.17) is 4.98 Å². The molecule has 1 fully saturated rings. The zero-order valence-electron chi connectivity index (χ0n) is 13.2. The lowest BCUT2D eigenvalue weighted by molar-refractivity contribution is 0.364. The van der Waals surface area contributed by atoms with Crippen LogP contribution in [-0.4, -0.2) is 32.6 Å². The van der Waals surface area contributed by atoms with Gasteiger partial charge in [0.25, 0.3) is 0 Å². The van der Waals surface area contributed by atoms with Crippen molar-refractivity contribution < 1.29 is 0 Å². The molecule has 3 aromatic heterocycles. The van der Waals surface area contributed by atoms with E-state index < -0.39 is 0 Å². The minimum absolute atomic E-state index is 0.704. The van der Waals surface area contributed by atoms with Crippen molar-refractivity contribution in [3.05, 3.63) is 54.2 Å². The molecule has 1 N–H and O–H groups in total. The molecule has 4 heterocycles. The SMILES string of the molecule is c1ccc(Cn2c(CC3CCNCC3)nc3cccnc32)nc1. The first-order chi connectivity index (χ1) is 11.4. The summed E-state index contributed by atoms with van der Waals surface area (Å²) in [6.45, 7) is 2.96. The largest absolute Gasteiger partial charge is 0.317 e. The van der Waals surface area contributed by atoms with Crippen LogP contribution in [0.15, 0.2) is 42.7 Å². The average molecular weight is 307 g/mol. The Kier molecular flexibility index (Phi) is 4.03. The van der Waals surface area contributed by atoms with Gasteiger partial charge in [0.1, 0.15) is 11.3 Å². The van der Waals surface area contributed by atoms with Gasteiger partial charge in [-0.3, -0.25) is 4.98 Å². The number of rotatable bonds is 4. The second-order valence-corrected chi connectivity index (χ2v) is 6.18. The van der Waals surface area contributed by atoms with Crippen molar-refractivity contribution in [2.24, 2.45) is 5.92 Å². The Balaban J connectivity index is 1.69. The summed E-state index contributed by atoms with van der Waals surface area (Å²) in [7, 11) is 0. The van der Waals surface area contributed by atoms with Crippen molar-refractivity contribution in [3.8, 4) is 0 Å². The topological polar surface area (TPSA) is 55.6 Å². The molecule has 1 aliphatic heterocycles. The first-order valence-electron chi connectivity index (χ1n) is 8.31. The molecule has 0 aromatic carbocycles. The Morgan fingerprint density at radius 2 is 1.91 bits per heavy atom. The van der Waals surface area contributed by atoms with Crippen molar-refractivity contribution in [3.63, 3.8) is 0 Å². The smallest absolute Gasteiger partial charge is 0.160 e. The maximum absolute atomic E-state index is 4.86. The summed E-state index contributed by atoms with van der Waals surface area (Å²) < 4.78 is 2.24. The highest BCUT2D eigenvalue weighted by Crippen LogP contribution is 2.21. The minimum atomic E-state index is 0.704. The third kappa shape index (κ3) is 3.10. The molecule has 0 spiro atoms. The Morgan fingerprint density at radius 1 is 1.04 bits per heavy atom. The number of hydrogen-bond donors (Lipinski definition) is 1. The van der Waals surface area contributed by atoms with Crippen molar-refractivity contribution in [1.29, 1.82) is 0 Å². The first-order valence-corrected chi connectivity index (χ1v) is 8.31. The van der Waals surface area contributed by atoms with Gasteiger partial charge in [-0.1, -0.05) is 6.07 Å². The lowest BCUT2D eigenvalue weighted by Gasteiger charge is -2.22. The highest BCUT2D eigenvalue weighted by molar-refractivity contribution is 5.71. The number of piperidine rings is 1. The van der Waals surface area contributed by atoms with Crippen molar-refractivity contribution in [2.75, 3.05) is 13.1 Å². The molecule has 118 valence electrons. The molecule has 0 unspecified atom stereocenters. The van der Waals surface area contributed by atoms with Gasteiger partial charge in [0.15, 0.2) is 5.65 Å². The third-order valence-electron chi connectivity index (χ3n) is 4.56. The molecule has 0 bridgehead atoms. The summed E-state index contributed by atoms with van der Waals surface area (Å²) in [6, 6.07) is 10.0. The normalized spacial score (nSPS) is 16.0. The van der Waals surface area contributed by atoms with Crippen LogP contribution < -0.4 is 5.32 Å². The number of nitrogens with one attached hydrogen (secondary N) is 1. The highest BCUT2D eigenvalue weighted by atomic mass is 15.1. The van der Waals surface area contributed by atoms with Crippen LogP contribution in [0.3, 0.4) is 0 Å². The van der Waals surface area contributed by atoms with Gasteiger partial charge in [-0.05, 0) is 56.1 Å². The van der Waals surface area contributed by atoms with Crippen LogP contribution in [0.25, 0.3) is 11.2 Å².